The normalized spacial score (nSPS) is 16.6. The third-order valence-electron chi connectivity index (χ3n) is 6.63. The Bertz CT molecular complexity index is 1520. The van der Waals surface area contributed by atoms with E-state index < -0.39 is 57.2 Å². The van der Waals surface area contributed by atoms with Crippen molar-refractivity contribution in [2.75, 3.05) is 19.6 Å². The molecule has 4 rings (SSSR count). The summed E-state index contributed by atoms with van der Waals surface area (Å²) in [5, 5.41) is 13.1. The van der Waals surface area contributed by atoms with E-state index >= 15 is 0 Å². The number of ether oxygens (including phenoxy) is 1. The summed E-state index contributed by atoms with van der Waals surface area (Å²) in [4.78, 5) is 27.1. The topological polar surface area (TPSA) is 140 Å². The molecule has 0 radical (unpaired) electrons. The standard InChI is InChI=1S/C25H26F5N7O5S/c1-2-24(26,27)18-5-3-17(4-6-18)13-31-23(39)21-14-35(22(38)15-36-16-32-33-34-36)11-12-37(21)43(40,41)20-9-7-19(8-10-20)42-25(28,29)30/h3-10,16,21H,2,11-15H2,1H3,(H,31,39)/t21-/m1/s1. The van der Waals surface area contributed by atoms with Crippen LogP contribution in [0.3, 0.4) is 0 Å². The number of tetrazole rings is 1. The fourth-order valence-corrected chi connectivity index (χ4v) is 5.88. The predicted molar refractivity (Wildman–Crippen MR) is 138 cm³/mol. The van der Waals surface area contributed by atoms with Crippen LogP contribution in [0.1, 0.15) is 24.5 Å². The maximum atomic E-state index is 14.0. The molecule has 3 aromatic rings. The van der Waals surface area contributed by atoms with Gasteiger partial charge in [-0.1, -0.05) is 31.2 Å². The van der Waals surface area contributed by atoms with Gasteiger partial charge in [0.05, 0.1) is 4.90 Å². The molecule has 1 aliphatic heterocycles. The average Bonchev–Trinajstić information content (AvgIpc) is 3.48. The molecule has 2 heterocycles. The molecule has 1 N–H and O–H groups in total. The largest absolute Gasteiger partial charge is 0.573 e. The number of aromatic nitrogens is 4. The number of carbonyl (C=O) groups excluding carboxylic acids is 2. The molecule has 1 fully saturated rings. The Kier molecular flexibility index (Phi) is 9.29. The Morgan fingerprint density at radius 2 is 1.70 bits per heavy atom. The van der Waals surface area contributed by atoms with Crippen LogP contribution in [-0.4, -0.2) is 81.7 Å². The molecule has 18 heteroatoms. The summed E-state index contributed by atoms with van der Waals surface area (Å²) in [6.45, 7) is 0.158. The second kappa shape index (κ2) is 12.6. The monoisotopic (exact) mass is 631 g/mol. The molecule has 0 bridgehead atoms. The van der Waals surface area contributed by atoms with E-state index in [9.17, 15) is 40.0 Å². The maximum absolute atomic E-state index is 14.0. The van der Waals surface area contributed by atoms with Crippen molar-refractivity contribution in [3.8, 4) is 5.75 Å². The fourth-order valence-electron chi connectivity index (χ4n) is 4.31. The van der Waals surface area contributed by atoms with E-state index in [-0.39, 0.29) is 38.3 Å². The van der Waals surface area contributed by atoms with Gasteiger partial charge in [0.2, 0.25) is 21.8 Å². The van der Waals surface area contributed by atoms with Crippen LogP contribution in [0.4, 0.5) is 22.0 Å². The fraction of sp³-hybridized carbons (Fsp3) is 0.400. The van der Waals surface area contributed by atoms with E-state index in [1.165, 1.54) is 42.4 Å². The molecule has 232 valence electrons. The van der Waals surface area contributed by atoms with Crippen LogP contribution in [0, 0.1) is 0 Å². The molecule has 1 saturated heterocycles. The van der Waals surface area contributed by atoms with Crippen molar-refractivity contribution < 1.29 is 44.7 Å². The van der Waals surface area contributed by atoms with Gasteiger partial charge in [0.25, 0.3) is 5.92 Å². The first-order valence-corrected chi connectivity index (χ1v) is 14.2. The quantitative estimate of drug-likeness (QED) is 0.337. The third kappa shape index (κ3) is 7.81. The molecular formula is C25H26F5N7O5S. The van der Waals surface area contributed by atoms with Gasteiger partial charge in [-0.05, 0) is 40.3 Å². The van der Waals surface area contributed by atoms with Crippen molar-refractivity contribution in [2.45, 2.75) is 49.7 Å². The molecule has 0 spiro atoms. The molecule has 1 atom stereocenters. The number of sulfonamides is 1. The number of rotatable bonds is 10. The summed E-state index contributed by atoms with van der Waals surface area (Å²) in [6, 6.07) is 7.30. The van der Waals surface area contributed by atoms with Crippen LogP contribution in [-0.2, 0) is 38.6 Å². The summed E-state index contributed by atoms with van der Waals surface area (Å²) in [5.74, 6) is -4.94. The van der Waals surface area contributed by atoms with Gasteiger partial charge in [-0.2, -0.15) is 4.31 Å². The minimum Gasteiger partial charge on any atom is -0.406 e. The van der Waals surface area contributed by atoms with Crippen molar-refractivity contribution in [1.29, 1.82) is 0 Å². The lowest BCUT2D eigenvalue weighted by Gasteiger charge is -2.39. The smallest absolute Gasteiger partial charge is 0.406 e. The van der Waals surface area contributed by atoms with E-state index in [0.29, 0.717) is 5.56 Å². The van der Waals surface area contributed by atoms with Crippen LogP contribution >= 0.6 is 0 Å². The summed E-state index contributed by atoms with van der Waals surface area (Å²) in [5.41, 5.74) is 0.263. The highest BCUT2D eigenvalue weighted by atomic mass is 32.2. The number of carbonyl (C=O) groups is 2. The molecule has 2 aromatic carbocycles. The molecule has 1 aliphatic rings. The maximum Gasteiger partial charge on any atom is 0.573 e. The van der Waals surface area contributed by atoms with Gasteiger partial charge in [0.15, 0.2) is 0 Å². The summed E-state index contributed by atoms with van der Waals surface area (Å²) < 4.78 is 98.4. The predicted octanol–water partition coefficient (Wildman–Crippen LogP) is 2.29. The van der Waals surface area contributed by atoms with Crippen LogP contribution in [0.25, 0.3) is 0 Å². The van der Waals surface area contributed by atoms with Gasteiger partial charge in [-0.3, -0.25) is 9.59 Å². The molecule has 1 aromatic heterocycles. The van der Waals surface area contributed by atoms with Crippen molar-refractivity contribution in [1.82, 2.24) is 34.7 Å². The van der Waals surface area contributed by atoms with Gasteiger partial charge in [-0.15, -0.1) is 18.3 Å². The average molecular weight is 632 g/mol. The molecule has 43 heavy (non-hydrogen) atoms. The molecule has 12 nitrogen and oxygen atoms in total. The number of halogens is 5. The van der Waals surface area contributed by atoms with Crippen molar-refractivity contribution in [3.05, 3.63) is 66.0 Å². The van der Waals surface area contributed by atoms with E-state index in [4.69, 9.17) is 0 Å². The number of benzene rings is 2. The summed E-state index contributed by atoms with van der Waals surface area (Å²) in [7, 11) is -4.45. The Morgan fingerprint density at radius 3 is 2.28 bits per heavy atom. The molecule has 0 aliphatic carbocycles. The number of nitrogens with one attached hydrogen (secondary N) is 1. The minimum absolute atomic E-state index is 0.105. The van der Waals surface area contributed by atoms with Crippen LogP contribution in [0.15, 0.2) is 59.8 Å². The molecular weight excluding hydrogens is 605 g/mol. The Labute approximate surface area is 242 Å². The number of nitrogens with zero attached hydrogens (tertiary/aromatic N) is 6. The van der Waals surface area contributed by atoms with Crippen LogP contribution in [0.5, 0.6) is 5.75 Å². The highest BCUT2D eigenvalue weighted by Crippen LogP contribution is 2.31. The highest BCUT2D eigenvalue weighted by molar-refractivity contribution is 7.89. The number of hydrogen-bond acceptors (Lipinski definition) is 8. The van der Waals surface area contributed by atoms with Gasteiger partial charge in [0, 0.05) is 38.2 Å². The number of hydrogen-bond donors (Lipinski definition) is 1. The summed E-state index contributed by atoms with van der Waals surface area (Å²) in [6.07, 6.45) is -4.17. The first kappa shape index (κ1) is 31.7. The van der Waals surface area contributed by atoms with E-state index in [1.807, 2.05) is 0 Å². The van der Waals surface area contributed by atoms with Gasteiger partial charge in [0.1, 0.15) is 24.7 Å². The lowest BCUT2D eigenvalue weighted by molar-refractivity contribution is -0.274. The van der Waals surface area contributed by atoms with Gasteiger partial charge in [-0.25, -0.2) is 21.9 Å². The molecule has 2 amide bonds. The first-order chi connectivity index (χ1) is 20.2. The summed E-state index contributed by atoms with van der Waals surface area (Å²) >= 11 is 0. The lowest BCUT2D eigenvalue weighted by atomic mass is 10.0. The number of piperazine rings is 1. The Morgan fingerprint density at radius 1 is 1.02 bits per heavy atom. The zero-order valence-corrected chi connectivity index (χ0v) is 23.4. The van der Waals surface area contributed by atoms with Crippen LogP contribution in [0.2, 0.25) is 0 Å². The second-order valence-corrected chi connectivity index (χ2v) is 11.4. The first-order valence-electron chi connectivity index (χ1n) is 12.8. The molecule has 0 unspecified atom stereocenters. The van der Waals surface area contributed by atoms with Gasteiger partial charge < -0.3 is 15.0 Å². The SMILES string of the molecule is CCC(F)(F)c1ccc(CNC(=O)[C@H]2CN(C(=O)Cn3cnnn3)CCN2S(=O)(=O)c2ccc(OC(F)(F)F)cc2)cc1. The van der Waals surface area contributed by atoms with Crippen LogP contribution < -0.4 is 10.1 Å². The van der Waals surface area contributed by atoms with E-state index in [0.717, 1.165) is 33.3 Å². The zero-order chi connectivity index (χ0) is 31.4. The number of amides is 2. The Hall–Kier alpha value is -4.19. The van der Waals surface area contributed by atoms with Crippen molar-refractivity contribution >= 4 is 21.8 Å². The third-order valence-corrected chi connectivity index (χ3v) is 8.55. The highest BCUT2D eigenvalue weighted by Gasteiger charge is 2.41. The van der Waals surface area contributed by atoms with E-state index in [1.54, 1.807) is 0 Å². The Balaban J connectivity index is 1.54. The second-order valence-electron chi connectivity index (χ2n) is 9.47. The van der Waals surface area contributed by atoms with Crippen molar-refractivity contribution in [3.63, 3.8) is 0 Å². The zero-order valence-electron chi connectivity index (χ0n) is 22.5. The molecule has 0 saturated carbocycles. The van der Waals surface area contributed by atoms with E-state index in [2.05, 4.69) is 25.6 Å². The minimum atomic E-state index is -4.98. The number of alkyl halides is 5. The van der Waals surface area contributed by atoms with Gasteiger partial charge >= 0.3 is 6.36 Å². The lowest BCUT2D eigenvalue weighted by Crippen LogP contribution is -2.61. The van der Waals surface area contributed by atoms with Crippen molar-refractivity contribution in [2.24, 2.45) is 0 Å².